The zero-order valence-electron chi connectivity index (χ0n) is 12.4. The minimum Gasteiger partial charge on any atom is -0.388 e. The first-order chi connectivity index (χ1) is 9.66. The summed E-state index contributed by atoms with van der Waals surface area (Å²) in [6, 6.07) is 10.6. The van der Waals surface area contributed by atoms with Gasteiger partial charge < -0.3 is 10.6 Å². The summed E-state index contributed by atoms with van der Waals surface area (Å²) in [5.74, 6) is 0.256. The molecule has 2 rings (SSSR count). The monoisotopic (exact) mass is 274 g/mol. The van der Waals surface area contributed by atoms with Gasteiger partial charge in [-0.1, -0.05) is 30.3 Å². The zero-order valence-corrected chi connectivity index (χ0v) is 12.4. The van der Waals surface area contributed by atoms with Gasteiger partial charge in [-0.15, -0.1) is 0 Å². The number of nitrogens with zero attached hydrogens (tertiary/aromatic N) is 2. The highest BCUT2D eigenvalue weighted by molar-refractivity contribution is 5.77. The molecule has 0 aliphatic carbocycles. The minimum absolute atomic E-state index is 0.205. The summed E-state index contributed by atoms with van der Waals surface area (Å²) in [5.41, 5.74) is 6.88. The van der Waals surface area contributed by atoms with Crippen molar-refractivity contribution in [1.82, 2.24) is 9.80 Å². The van der Waals surface area contributed by atoms with Gasteiger partial charge >= 0.3 is 0 Å². The van der Waals surface area contributed by atoms with Crippen molar-refractivity contribution < 1.29 is 0 Å². The number of rotatable bonds is 7. The maximum Gasteiger partial charge on any atom is 0.0924 e. The van der Waals surface area contributed by atoms with Gasteiger partial charge in [0.05, 0.1) is 5.84 Å². The maximum absolute atomic E-state index is 7.61. The van der Waals surface area contributed by atoms with Gasteiger partial charge in [0.2, 0.25) is 0 Å². The Labute approximate surface area is 122 Å². The summed E-state index contributed by atoms with van der Waals surface area (Å²) in [7, 11) is 2.14. The normalized spacial score (nSPS) is 17.5. The highest BCUT2D eigenvalue weighted by Gasteiger charge is 2.19. The van der Waals surface area contributed by atoms with Crippen LogP contribution >= 0.6 is 0 Å². The number of amidine groups is 1. The van der Waals surface area contributed by atoms with Crippen LogP contribution in [0, 0.1) is 5.41 Å². The van der Waals surface area contributed by atoms with Gasteiger partial charge in [0.1, 0.15) is 0 Å². The molecule has 4 nitrogen and oxygen atoms in total. The Morgan fingerprint density at radius 2 is 1.95 bits per heavy atom. The number of benzene rings is 1. The lowest BCUT2D eigenvalue weighted by atomic mass is 10.0. The number of likely N-dealkylation sites (N-methyl/N-ethyl adjacent to an activating group) is 1. The average molecular weight is 274 g/mol. The van der Waals surface area contributed by atoms with Crippen molar-refractivity contribution in [2.75, 3.05) is 33.2 Å². The molecule has 0 saturated carbocycles. The van der Waals surface area contributed by atoms with Crippen molar-refractivity contribution >= 4 is 5.84 Å². The van der Waals surface area contributed by atoms with Crippen molar-refractivity contribution in [2.45, 2.75) is 25.3 Å². The zero-order chi connectivity index (χ0) is 14.4. The van der Waals surface area contributed by atoms with Gasteiger partial charge in [0.25, 0.3) is 0 Å². The quantitative estimate of drug-likeness (QED) is 0.591. The first-order valence-electron chi connectivity index (χ1n) is 7.47. The van der Waals surface area contributed by atoms with E-state index < -0.39 is 0 Å². The minimum atomic E-state index is 0.205. The molecular formula is C16H26N4. The van der Waals surface area contributed by atoms with Crippen LogP contribution in [0.4, 0.5) is 0 Å². The van der Waals surface area contributed by atoms with Gasteiger partial charge in [0.15, 0.2) is 0 Å². The lowest BCUT2D eigenvalue weighted by molar-refractivity contribution is 0.209. The molecule has 0 amide bonds. The van der Waals surface area contributed by atoms with Gasteiger partial charge in [-0.2, -0.15) is 0 Å². The van der Waals surface area contributed by atoms with E-state index in [4.69, 9.17) is 11.1 Å². The fraction of sp³-hybridized carbons (Fsp3) is 0.562. The van der Waals surface area contributed by atoms with Crippen LogP contribution < -0.4 is 5.73 Å². The van der Waals surface area contributed by atoms with E-state index >= 15 is 0 Å². The molecule has 0 bridgehead atoms. The molecular weight excluding hydrogens is 248 g/mol. The van der Waals surface area contributed by atoms with E-state index in [1.165, 1.54) is 31.5 Å². The predicted molar refractivity (Wildman–Crippen MR) is 84.0 cm³/mol. The Morgan fingerprint density at radius 1 is 1.30 bits per heavy atom. The fourth-order valence-corrected chi connectivity index (χ4v) is 2.87. The standard InChI is InChI=1S/C16H26N4/c1-19(11-12-20-9-5-6-10-20)15(13-16(17)18)14-7-3-2-4-8-14/h2-4,7-8,15H,5-6,9-13H2,1H3,(H3,17,18). The van der Waals surface area contributed by atoms with E-state index in [2.05, 4.69) is 41.1 Å². The molecule has 1 saturated heterocycles. The van der Waals surface area contributed by atoms with Crippen molar-refractivity contribution in [3.05, 3.63) is 35.9 Å². The highest BCUT2D eigenvalue weighted by atomic mass is 15.2. The van der Waals surface area contributed by atoms with Crippen LogP contribution in [0.15, 0.2) is 30.3 Å². The lowest BCUT2D eigenvalue weighted by Gasteiger charge is -2.29. The van der Waals surface area contributed by atoms with E-state index in [0.717, 1.165) is 13.1 Å². The molecule has 1 heterocycles. The molecule has 1 aliphatic heterocycles. The first kappa shape index (κ1) is 15.0. The topological polar surface area (TPSA) is 56.4 Å². The number of nitrogens with two attached hydrogens (primary N) is 1. The van der Waals surface area contributed by atoms with Crippen LogP contribution in [-0.2, 0) is 0 Å². The Bertz CT molecular complexity index is 412. The molecule has 4 heteroatoms. The summed E-state index contributed by atoms with van der Waals surface area (Å²) in [6.45, 7) is 4.59. The second kappa shape index (κ2) is 7.41. The smallest absolute Gasteiger partial charge is 0.0924 e. The van der Waals surface area contributed by atoms with E-state index in [-0.39, 0.29) is 11.9 Å². The molecule has 3 N–H and O–H groups in total. The third-order valence-electron chi connectivity index (χ3n) is 4.10. The van der Waals surface area contributed by atoms with Crippen molar-refractivity contribution in [1.29, 1.82) is 5.41 Å². The number of hydrogen-bond acceptors (Lipinski definition) is 3. The summed E-state index contributed by atoms with van der Waals surface area (Å²) >= 11 is 0. The molecule has 0 aromatic heterocycles. The predicted octanol–water partition coefficient (Wildman–Crippen LogP) is 2.08. The van der Waals surface area contributed by atoms with E-state index in [1.807, 2.05) is 6.07 Å². The molecule has 1 aromatic rings. The molecule has 1 aromatic carbocycles. The summed E-state index contributed by atoms with van der Waals surface area (Å²) in [4.78, 5) is 4.85. The largest absolute Gasteiger partial charge is 0.388 e. The fourth-order valence-electron chi connectivity index (χ4n) is 2.87. The van der Waals surface area contributed by atoms with Crippen molar-refractivity contribution in [2.24, 2.45) is 5.73 Å². The molecule has 1 fully saturated rings. The Morgan fingerprint density at radius 3 is 2.55 bits per heavy atom. The van der Waals surface area contributed by atoms with Crippen molar-refractivity contribution in [3.8, 4) is 0 Å². The Balaban J connectivity index is 1.96. The molecule has 20 heavy (non-hydrogen) atoms. The summed E-state index contributed by atoms with van der Waals surface area (Å²) < 4.78 is 0. The molecule has 1 aliphatic rings. The van der Waals surface area contributed by atoms with Gasteiger partial charge in [-0.3, -0.25) is 10.3 Å². The van der Waals surface area contributed by atoms with Crippen LogP contribution in [0.2, 0.25) is 0 Å². The number of hydrogen-bond donors (Lipinski definition) is 2. The summed E-state index contributed by atoms with van der Waals surface area (Å²) in [5, 5.41) is 7.61. The van der Waals surface area contributed by atoms with Crippen LogP contribution in [0.25, 0.3) is 0 Å². The third kappa shape index (κ3) is 4.32. The molecule has 1 unspecified atom stereocenters. The SMILES string of the molecule is CN(CCN1CCCC1)C(CC(=N)N)c1ccccc1. The first-order valence-corrected chi connectivity index (χ1v) is 7.47. The lowest BCUT2D eigenvalue weighted by Crippen LogP contribution is -2.35. The van der Waals surface area contributed by atoms with Crippen molar-refractivity contribution in [3.63, 3.8) is 0 Å². The number of nitrogens with one attached hydrogen (secondary N) is 1. The summed E-state index contributed by atoms with van der Waals surface area (Å²) in [6.07, 6.45) is 3.26. The van der Waals surface area contributed by atoms with Crippen LogP contribution in [0.5, 0.6) is 0 Å². The van der Waals surface area contributed by atoms with Gasteiger partial charge in [0, 0.05) is 25.6 Å². The van der Waals surface area contributed by atoms with E-state index in [1.54, 1.807) is 0 Å². The molecule has 110 valence electrons. The molecule has 0 spiro atoms. The van der Waals surface area contributed by atoms with E-state index in [9.17, 15) is 0 Å². The highest BCUT2D eigenvalue weighted by Crippen LogP contribution is 2.22. The van der Waals surface area contributed by atoms with Crippen LogP contribution in [-0.4, -0.2) is 48.9 Å². The van der Waals surface area contributed by atoms with Gasteiger partial charge in [-0.25, -0.2) is 0 Å². The third-order valence-corrected chi connectivity index (χ3v) is 4.10. The van der Waals surface area contributed by atoms with Crippen LogP contribution in [0.1, 0.15) is 30.9 Å². The van der Waals surface area contributed by atoms with Gasteiger partial charge in [-0.05, 0) is 38.5 Å². The Hall–Kier alpha value is -1.39. The van der Waals surface area contributed by atoms with Crippen LogP contribution in [0.3, 0.4) is 0 Å². The second-order valence-corrected chi connectivity index (χ2v) is 5.69. The maximum atomic E-state index is 7.61. The Kier molecular flexibility index (Phi) is 5.56. The second-order valence-electron chi connectivity index (χ2n) is 5.69. The van der Waals surface area contributed by atoms with E-state index in [0.29, 0.717) is 6.42 Å². The molecule has 0 radical (unpaired) electrons. The number of likely N-dealkylation sites (tertiary alicyclic amines) is 1. The molecule has 1 atom stereocenters. The average Bonchev–Trinajstić information content (AvgIpc) is 2.96.